The molecule has 0 spiro atoms. The minimum Gasteiger partial charge on any atom is -0.472 e. The van der Waals surface area contributed by atoms with E-state index in [4.69, 9.17) is 9.47 Å². The summed E-state index contributed by atoms with van der Waals surface area (Å²) in [6.07, 6.45) is 3.69. The van der Waals surface area contributed by atoms with Gasteiger partial charge in [-0.15, -0.1) is 0 Å². The van der Waals surface area contributed by atoms with Gasteiger partial charge in [-0.2, -0.15) is 0 Å². The van der Waals surface area contributed by atoms with Crippen molar-refractivity contribution in [2.24, 2.45) is 17.8 Å². The van der Waals surface area contributed by atoms with Crippen LogP contribution in [0.3, 0.4) is 0 Å². The van der Waals surface area contributed by atoms with Crippen LogP contribution in [0.15, 0.2) is 42.6 Å². The number of hydrogen-bond acceptors (Lipinski definition) is 10. The number of rotatable bonds is 10. The minimum atomic E-state index is -4.48. The SMILES string of the molecule is C[C@@H]1CCC=C[C@@H]2C[C@@]2(C(=O)NS(=O)(=O)C2(CF)CC2)NC(=O)[C@@H]2C[C@@H](Oc3ncc(N4CCOCC4)c4ccccc34)CN2C(=O)[C@@H](N(C(=O)O)C(C)(C)C(C)(F)F)[C@H](C)C1. The van der Waals surface area contributed by atoms with Gasteiger partial charge in [0.05, 0.1) is 31.6 Å². The molecule has 4 heterocycles. The van der Waals surface area contributed by atoms with Gasteiger partial charge in [0.2, 0.25) is 27.7 Å². The van der Waals surface area contributed by atoms with Crippen LogP contribution >= 0.6 is 0 Å². The van der Waals surface area contributed by atoms with E-state index in [1.807, 2.05) is 42.0 Å². The second-order valence-corrected chi connectivity index (χ2v) is 20.5. The highest BCUT2D eigenvalue weighted by Crippen LogP contribution is 2.48. The van der Waals surface area contributed by atoms with Crippen molar-refractivity contribution in [2.75, 3.05) is 44.4 Å². The molecule has 2 saturated carbocycles. The van der Waals surface area contributed by atoms with Gasteiger partial charge in [-0.05, 0) is 70.3 Å². The predicted octanol–water partition coefficient (Wildman–Crippen LogP) is 5.04. The van der Waals surface area contributed by atoms with Crippen molar-refractivity contribution in [1.82, 2.24) is 24.8 Å². The lowest BCUT2D eigenvalue weighted by atomic mass is 9.84. The molecule has 5 aliphatic rings. The Morgan fingerprint density at radius 2 is 1.77 bits per heavy atom. The Morgan fingerprint density at radius 1 is 1.10 bits per heavy atom. The van der Waals surface area contributed by atoms with Crippen molar-refractivity contribution in [2.45, 2.75) is 119 Å². The zero-order chi connectivity index (χ0) is 45.0. The summed E-state index contributed by atoms with van der Waals surface area (Å²) in [5.74, 6) is -7.83. The Balaban J connectivity index is 1.28. The highest BCUT2D eigenvalue weighted by Gasteiger charge is 2.64. The first-order chi connectivity index (χ1) is 29.2. The van der Waals surface area contributed by atoms with E-state index in [1.54, 1.807) is 19.2 Å². The Hall–Kier alpha value is -4.65. The number of fused-ring (bicyclic) bond motifs is 3. The predicted molar refractivity (Wildman–Crippen MR) is 223 cm³/mol. The lowest BCUT2D eigenvalue weighted by Crippen LogP contribution is -2.66. The summed E-state index contributed by atoms with van der Waals surface area (Å²) in [4.78, 5) is 65.6. The molecule has 19 heteroatoms. The molecule has 15 nitrogen and oxygen atoms in total. The van der Waals surface area contributed by atoms with Crippen LogP contribution in [0.1, 0.15) is 79.6 Å². The first-order valence-corrected chi connectivity index (χ1v) is 22.8. The van der Waals surface area contributed by atoms with Crippen LogP contribution in [0.25, 0.3) is 10.8 Å². The van der Waals surface area contributed by atoms with Gasteiger partial charge in [0.15, 0.2) is 0 Å². The molecule has 0 bridgehead atoms. The average molecular weight is 891 g/mol. The molecule has 1 aromatic heterocycles. The number of anilines is 1. The quantitative estimate of drug-likeness (QED) is 0.272. The van der Waals surface area contributed by atoms with Crippen molar-refractivity contribution >= 4 is 50.3 Å². The summed E-state index contributed by atoms with van der Waals surface area (Å²) in [6, 6.07) is 4.32. The number of aromatic nitrogens is 1. The molecule has 4 amide bonds. The minimum absolute atomic E-state index is 0.00694. The van der Waals surface area contributed by atoms with Gasteiger partial charge in [0.25, 0.3) is 11.8 Å². The number of alkyl halides is 3. The number of amides is 4. The molecule has 2 aliphatic carbocycles. The fraction of sp³-hybridized carbons (Fsp3) is 0.651. The molecule has 62 heavy (non-hydrogen) atoms. The van der Waals surface area contributed by atoms with Crippen LogP contribution in [-0.4, -0.2) is 132 Å². The summed E-state index contributed by atoms with van der Waals surface area (Å²) < 4.78 is 83.7. The Bertz CT molecular complexity index is 2210. The van der Waals surface area contributed by atoms with Crippen molar-refractivity contribution in [1.29, 1.82) is 0 Å². The third-order valence-electron chi connectivity index (χ3n) is 13.8. The lowest BCUT2D eigenvalue weighted by molar-refractivity contribution is -0.156. The average Bonchev–Trinajstić information content (AvgIpc) is 4.12. The van der Waals surface area contributed by atoms with E-state index < -0.39 is 92.3 Å². The second-order valence-electron chi connectivity index (χ2n) is 18.5. The van der Waals surface area contributed by atoms with E-state index in [0.717, 1.165) is 29.8 Å². The zero-order valence-corrected chi connectivity index (χ0v) is 36.6. The molecule has 7 rings (SSSR count). The van der Waals surface area contributed by atoms with Gasteiger partial charge in [0.1, 0.15) is 40.7 Å². The number of ether oxygens (including phenoxy) is 2. The van der Waals surface area contributed by atoms with E-state index in [1.165, 1.54) is 0 Å². The van der Waals surface area contributed by atoms with Gasteiger partial charge in [-0.1, -0.05) is 44.2 Å². The molecule has 2 aromatic rings. The van der Waals surface area contributed by atoms with Gasteiger partial charge in [-0.3, -0.25) is 24.0 Å². The Kier molecular flexibility index (Phi) is 12.3. The molecule has 0 radical (unpaired) electrons. The summed E-state index contributed by atoms with van der Waals surface area (Å²) in [7, 11) is -4.48. The third-order valence-corrected chi connectivity index (χ3v) is 15.9. The van der Waals surface area contributed by atoms with Crippen LogP contribution < -0.4 is 19.7 Å². The molecule has 340 valence electrons. The standard InChI is InChI=1S/C43H57F3N6O9S/c1-26-10-6-7-11-28-22-43(28,38(55)49-62(58,59)42(25-44)14-15-42)48-35(53)32-21-29(61-36-31-13-9-8-12-30(31)33(23-47-36)50-16-18-60-19-17-50)24-51(32)37(54)34(27(2)20-26)52(39(56)57)40(3,4)41(5,45)46/h7-9,11-13,23,26-29,32,34H,6,10,14-22,24-25H2,1-5H3,(H,48,53)(H,49,55)(H,56,57)/t26-,27-,28-,29-,32+,34+,43-/m1/s1. The summed E-state index contributed by atoms with van der Waals surface area (Å²) in [5, 5.41) is 14.9. The number of benzene rings is 1. The van der Waals surface area contributed by atoms with Gasteiger partial charge in [0, 0.05) is 43.1 Å². The smallest absolute Gasteiger partial charge is 0.408 e. The maximum Gasteiger partial charge on any atom is 0.408 e. The molecule has 0 unspecified atom stereocenters. The molecule has 4 fully saturated rings. The first-order valence-electron chi connectivity index (χ1n) is 21.4. The second kappa shape index (κ2) is 16.8. The summed E-state index contributed by atoms with van der Waals surface area (Å²) in [6.45, 7) is 7.14. The molecule has 3 aliphatic heterocycles. The van der Waals surface area contributed by atoms with Crippen molar-refractivity contribution < 1.29 is 55.3 Å². The summed E-state index contributed by atoms with van der Waals surface area (Å²) in [5.41, 5.74) is -3.32. The van der Waals surface area contributed by atoms with Gasteiger partial charge in [-0.25, -0.2) is 31.4 Å². The van der Waals surface area contributed by atoms with Crippen LogP contribution in [0.2, 0.25) is 0 Å². The van der Waals surface area contributed by atoms with Gasteiger partial charge >= 0.3 is 6.09 Å². The topological polar surface area (TPSA) is 188 Å². The largest absolute Gasteiger partial charge is 0.472 e. The highest BCUT2D eigenvalue weighted by atomic mass is 32.2. The molecule has 2 saturated heterocycles. The third kappa shape index (κ3) is 8.42. The fourth-order valence-corrected chi connectivity index (χ4v) is 10.7. The van der Waals surface area contributed by atoms with Crippen LogP contribution in [0.5, 0.6) is 5.88 Å². The Labute approximate surface area is 359 Å². The van der Waals surface area contributed by atoms with Crippen molar-refractivity contribution in [3.8, 4) is 5.88 Å². The molecular weight excluding hydrogens is 834 g/mol. The van der Waals surface area contributed by atoms with E-state index in [0.29, 0.717) is 56.4 Å². The van der Waals surface area contributed by atoms with Crippen LogP contribution in [-0.2, 0) is 29.1 Å². The number of nitrogens with zero attached hydrogens (tertiary/aromatic N) is 4. The van der Waals surface area contributed by atoms with E-state index in [9.17, 15) is 32.3 Å². The maximum absolute atomic E-state index is 15.4. The fourth-order valence-electron chi connectivity index (χ4n) is 9.27. The van der Waals surface area contributed by atoms with Crippen molar-refractivity contribution in [3.05, 3.63) is 42.6 Å². The number of hydrogen-bond donors (Lipinski definition) is 3. The summed E-state index contributed by atoms with van der Waals surface area (Å²) >= 11 is 0. The number of carbonyl (C=O) groups excluding carboxylic acids is 3. The molecular formula is C43H57F3N6O9S. The number of carboxylic acid groups (broad SMARTS) is 1. The lowest BCUT2D eigenvalue weighted by Gasteiger charge is -2.47. The Morgan fingerprint density at radius 3 is 2.40 bits per heavy atom. The normalized spacial score (nSPS) is 29.4. The number of allylic oxidation sites excluding steroid dienone is 1. The number of pyridine rings is 1. The molecule has 3 N–H and O–H groups in total. The first kappa shape index (κ1) is 45.4. The monoisotopic (exact) mass is 890 g/mol. The van der Waals surface area contributed by atoms with Crippen molar-refractivity contribution in [3.63, 3.8) is 0 Å². The van der Waals surface area contributed by atoms with Gasteiger partial charge < -0.3 is 29.7 Å². The number of halogens is 3. The highest BCUT2D eigenvalue weighted by molar-refractivity contribution is 7.91. The van der Waals surface area contributed by atoms with Crippen LogP contribution in [0.4, 0.5) is 23.7 Å². The van der Waals surface area contributed by atoms with E-state index in [2.05, 4.69) is 15.2 Å². The molecule has 1 aromatic carbocycles. The number of morpholine rings is 1. The number of carbonyl (C=O) groups is 4. The van der Waals surface area contributed by atoms with E-state index >= 15 is 13.6 Å². The number of sulfonamides is 1. The van der Waals surface area contributed by atoms with E-state index in [-0.39, 0.29) is 50.4 Å². The van der Waals surface area contributed by atoms with Crippen LogP contribution in [0, 0.1) is 17.8 Å². The maximum atomic E-state index is 15.4. The number of nitrogens with one attached hydrogen (secondary N) is 2. The molecule has 7 atom stereocenters. The zero-order valence-electron chi connectivity index (χ0n) is 35.7.